The van der Waals surface area contributed by atoms with Gasteiger partial charge in [-0.05, 0) is 38.1 Å². The molecule has 5 heteroatoms. The molecule has 0 bridgehead atoms. The van der Waals surface area contributed by atoms with Crippen molar-refractivity contribution in [2.24, 2.45) is 0 Å². The van der Waals surface area contributed by atoms with Gasteiger partial charge in [0.1, 0.15) is 5.75 Å². The molecule has 2 rings (SSSR count). The smallest absolute Gasteiger partial charge is 0.251 e. The van der Waals surface area contributed by atoms with Gasteiger partial charge in [0.2, 0.25) is 0 Å². The summed E-state index contributed by atoms with van der Waals surface area (Å²) in [5.41, 5.74) is 2.60. The summed E-state index contributed by atoms with van der Waals surface area (Å²) in [7, 11) is 1.60. The van der Waals surface area contributed by atoms with Crippen LogP contribution in [0.2, 0.25) is 0 Å². The van der Waals surface area contributed by atoms with Gasteiger partial charge in [0.15, 0.2) is 0 Å². The van der Waals surface area contributed by atoms with Crippen molar-refractivity contribution in [3.8, 4) is 5.75 Å². The van der Waals surface area contributed by atoms with E-state index in [0.717, 1.165) is 23.6 Å². The van der Waals surface area contributed by atoms with Crippen molar-refractivity contribution < 1.29 is 9.53 Å². The molecule has 1 amide bonds. The summed E-state index contributed by atoms with van der Waals surface area (Å²) >= 11 is 0. The van der Waals surface area contributed by atoms with Gasteiger partial charge in [-0.3, -0.25) is 9.48 Å². The van der Waals surface area contributed by atoms with E-state index in [4.69, 9.17) is 4.74 Å². The molecule has 0 atom stereocenters. The monoisotopic (exact) mass is 273 g/mol. The van der Waals surface area contributed by atoms with Crippen LogP contribution in [-0.4, -0.2) is 22.8 Å². The van der Waals surface area contributed by atoms with E-state index < -0.39 is 0 Å². The van der Waals surface area contributed by atoms with E-state index >= 15 is 0 Å². The van der Waals surface area contributed by atoms with Gasteiger partial charge in [-0.1, -0.05) is 0 Å². The van der Waals surface area contributed by atoms with Crippen LogP contribution in [0.25, 0.3) is 0 Å². The Hall–Kier alpha value is -2.30. The number of ether oxygens (including phenoxy) is 1. The molecule has 0 aliphatic carbocycles. The van der Waals surface area contributed by atoms with Gasteiger partial charge < -0.3 is 10.1 Å². The predicted molar refractivity (Wildman–Crippen MR) is 76.8 cm³/mol. The molecule has 1 aromatic carbocycles. The highest BCUT2D eigenvalue weighted by molar-refractivity contribution is 5.94. The Morgan fingerprint density at radius 2 is 2.05 bits per heavy atom. The lowest BCUT2D eigenvalue weighted by Gasteiger charge is -2.05. The van der Waals surface area contributed by atoms with Crippen molar-refractivity contribution in [1.82, 2.24) is 15.1 Å². The van der Waals surface area contributed by atoms with Crippen LogP contribution < -0.4 is 10.1 Å². The maximum Gasteiger partial charge on any atom is 0.251 e. The fourth-order valence-electron chi connectivity index (χ4n) is 1.91. The number of amides is 1. The number of hydrogen-bond acceptors (Lipinski definition) is 3. The molecule has 106 valence electrons. The maximum absolute atomic E-state index is 12.0. The summed E-state index contributed by atoms with van der Waals surface area (Å²) in [5, 5.41) is 7.25. The molecule has 1 aromatic heterocycles. The van der Waals surface area contributed by atoms with Gasteiger partial charge >= 0.3 is 0 Å². The number of carbonyl (C=O) groups is 1. The highest BCUT2D eigenvalue weighted by Crippen LogP contribution is 2.11. The van der Waals surface area contributed by atoms with Crippen molar-refractivity contribution in [2.45, 2.75) is 26.9 Å². The van der Waals surface area contributed by atoms with Crippen molar-refractivity contribution in [3.63, 3.8) is 0 Å². The third-order valence-electron chi connectivity index (χ3n) is 3.16. The predicted octanol–water partition coefficient (Wildman–Crippen LogP) is 2.15. The average molecular weight is 273 g/mol. The number of hydrogen-bond donors (Lipinski definition) is 1. The molecule has 20 heavy (non-hydrogen) atoms. The normalized spacial score (nSPS) is 10.3. The van der Waals surface area contributed by atoms with E-state index in [0.29, 0.717) is 12.1 Å². The first-order valence-electron chi connectivity index (χ1n) is 6.59. The Morgan fingerprint density at radius 1 is 1.35 bits per heavy atom. The van der Waals surface area contributed by atoms with E-state index in [-0.39, 0.29) is 5.91 Å². The van der Waals surface area contributed by atoms with Crippen molar-refractivity contribution in [2.75, 3.05) is 7.11 Å². The molecular weight excluding hydrogens is 254 g/mol. The molecule has 0 fully saturated rings. The number of nitrogens with zero attached hydrogens (tertiary/aromatic N) is 2. The van der Waals surface area contributed by atoms with Gasteiger partial charge in [-0.2, -0.15) is 5.10 Å². The summed E-state index contributed by atoms with van der Waals surface area (Å²) in [5.74, 6) is 0.637. The second-order valence-electron chi connectivity index (χ2n) is 4.51. The first-order chi connectivity index (χ1) is 9.63. The van der Waals surface area contributed by atoms with Crippen LogP contribution in [0.4, 0.5) is 0 Å². The lowest BCUT2D eigenvalue weighted by molar-refractivity contribution is 0.0951. The molecule has 0 saturated heterocycles. The molecule has 0 aliphatic heterocycles. The molecule has 1 heterocycles. The van der Waals surface area contributed by atoms with Gasteiger partial charge in [-0.25, -0.2) is 0 Å². The molecule has 2 aromatic rings. The second-order valence-corrected chi connectivity index (χ2v) is 4.51. The average Bonchev–Trinajstić information content (AvgIpc) is 2.85. The number of benzene rings is 1. The lowest BCUT2D eigenvalue weighted by atomic mass is 10.2. The summed E-state index contributed by atoms with van der Waals surface area (Å²) < 4.78 is 6.93. The number of aromatic nitrogens is 2. The highest BCUT2D eigenvalue weighted by Gasteiger charge is 2.08. The van der Waals surface area contributed by atoms with Crippen molar-refractivity contribution in [1.29, 1.82) is 0 Å². The summed E-state index contributed by atoms with van der Waals surface area (Å²) in [6, 6.07) is 7.04. The van der Waals surface area contributed by atoms with Crippen LogP contribution >= 0.6 is 0 Å². The minimum absolute atomic E-state index is 0.101. The van der Waals surface area contributed by atoms with Crippen LogP contribution in [0.1, 0.15) is 28.5 Å². The van der Waals surface area contributed by atoms with Gasteiger partial charge in [0.05, 0.1) is 12.8 Å². The number of methoxy groups -OCH3 is 1. The van der Waals surface area contributed by atoms with Crippen LogP contribution in [-0.2, 0) is 13.1 Å². The Labute approximate surface area is 118 Å². The van der Waals surface area contributed by atoms with E-state index in [9.17, 15) is 4.79 Å². The number of aryl methyl sites for hydroxylation is 2. The molecule has 0 radical (unpaired) electrons. The third kappa shape index (κ3) is 3.17. The van der Waals surface area contributed by atoms with Crippen LogP contribution in [0.5, 0.6) is 5.75 Å². The summed E-state index contributed by atoms with van der Waals surface area (Å²) in [4.78, 5) is 12.0. The number of carbonyl (C=O) groups excluding carboxylic acids is 1. The zero-order valence-electron chi connectivity index (χ0n) is 12.0. The van der Waals surface area contributed by atoms with Crippen LogP contribution in [0, 0.1) is 6.92 Å². The zero-order chi connectivity index (χ0) is 14.5. The van der Waals surface area contributed by atoms with Crippen molar-refractivity contribution in [3.05, 3.63) is 47.3 Å². The van der Waals surface area contributed by atoms with Gasteiger partial charge in [-0.15, -0.1) is 0 Å². The van der Waals surface area contributed by atoms with E-state index in [2.05, 4.69) is 10.4 Å². The fourth-order valence-corrected chi connectivity index (χ4v) is 1.91. The molecule has 0 unspecified atom stereocenters. The molecule has 5 nitrogen and oxygen atoms in total. The van der Waals surface area contributed by atoms with Gasteiger partial charge in [0.25, 0.3) is 5.91 Å². The topological polar surface area (TPSA) is 56.2 Å². The Morgan fingerprint density at radius 3 is 2.60 bits per heavy atom. The zero-order valence-corrected chi connectivity index (χ0v) is 12.0. The first-order valence-corrected chi connectivity index (χ1v) is 6.59. The SMILES string of the molecule is CCn1cc(CNC(=O)c2ccc(OC)cc2)c(C)n1. The van der Waals surface area contributed by atoms with E-state index in [1.165, 1.54) is 0 Å². The van der Waals surface area contributed by atoms with Crippen LogP contribution in [0.3, 0.4) is 0 Å². The lowest BCUT2D eigenvalue weighted by Crippen LogP contribution is -2.22. The van der Waals surface area contributed by atoms with Crippen LogP contribution in [0.15, 0.2) is 30.5 Å². The third-order valence-corrected chi connectivity index (χ3v) is 3.16. The Balaban J connectivity index is 1.98. The maximum atomic E-state index is 12.0. The molecule has 0 aliphatic rings. The van der Waals surface area contributed by atoms with Gasteiger partial charge in [0, 0.05) is 30.4 Å². The van der Waals surface area contributed by atoms with E-state index in [1.807, 2.05) is 24.7 Å². The molecule has 0 spiro atoms. The Bertz CT molecular complexity index is 588. The first kappa shape index (κ1) is 14.1. The van der Waals surface area contributed by atoms with Crippen molar-refractivity contribution >= 4 is 5.91 Å². The standard InChI is InChI=1S/C15H19N3O2/c1-4-18-10-13(11(2)17-18)9-16-15(19)12-5-7-14(20-3)8-6-12/h5-8,10H,4,9H2,1-3H3,(H,16,19). The fraction of sp³-hybridized carbons (Fsp3) is 0.333. The number of nitrogens with one attached hydrogen (secondary N) is 1. The summed E-state index contributed by atoms with van der Waals surface area (Å²) in [6.07, 6.45) is 1.96. The molecular formula is C15H19N3O2. The second kappa shape index (κ2) is 6.23. The van der Waals surface area contributed by atoms with E-state index in [1.54, 1.807) is 31.4 Å². The highest BCUT2D eigenvalue weighted by atomic mass is 16.5. The Kier molecular flexibility index (Phi) is 4.40. The largest absolute Gasteiger partial charge is 0.497 e. The quantitative estimate of drug-likeness (QED) is 0.908. The minimum Gasteiger partial charge on any atom is -0.497 e. The number of rotatable bonds is 5. The minimum atomic E-state index is -0.101. The molecule has 0 saturated carbocycles. The molecule has 1 N–H and O–H groups in total. The summed E-state index contributed by atoms with van der Waals surface area (Å²) in [6.45, 7) is 5.29.